The minimum atomic E-state index is -0.518. The Morgan fingerprint density at radius 3 is 2.55 bits per heavy atom. The highest BCUT2D eigenvalue weighted by atomic mass is 35.5. The van der Waals surface area contributed by atoms with Gasteiger partial charge in [0.15, 0.2) is 0 Å². The number of hydrazone groups is 1. The molecule has 114 valence electrons. The van der Waals surface area contributed by atoms with Gasteiger partial charge in [0.05, 0.1) is 11.8 Å². The second kappa shape index (κ2) is 7.09. The molecular formula is C17H17ClN2O2. The van der Waals surface area contributed by atoms with E-state index in [0.29, 0.717) is 10.9 Å². The number of nitrogens with zero attached hydrogens (tertiary/aromatic N) is 1. The Labute approximate surface area is 134 Å². The summed E-state index contributed by atoms with van der Waals surface area (Å²) in [4.78, 5) is 11.9. The Bertz CT molecular complexity index is 694. The standard InChI is InChI=1S/C17H17ClN2O2/c1-11(2)13-5-3-12(4-6-13)10-19-20-17(22)15-9-14(18)7-8-16(15)21/h3-11,21H,1-2H3,(H,20,22)/b19-10+. The van der Waals surface area contributed by atoms with Crippen molar-refractivity contribution in [3.05, 3.63) is 64.2 Å². The van der Waals surface area contributed by atoms with Crippen LogP contribution in [0.2, 0.25) is 5.02 Å². The van der Waals surface area contributed by atoms with Crippen molar-refractivity contribution in [1.82, 2.24) is 5.43 Å². The average Bonchev–Trinajstić information content (AvgIpc) is 2.50. The van der Waals surface area contributed by atoms with Gasteiger partial charge in [-0.2, -0.15) is 5.10 Å². The summed E-state index contributed by atoms with van der Waals surface area (Å²) in [5.74, 6) is -0.190. The molecule has 0 bridgehead atoms. The van der Waals surface area contributed by atoms with Crippen molar-refractivity contribution < 1.29 is 9.90 Å². The monoisotopic (exact) mass is 316 g/mol. The van der Waals surface area contributed by atoms with Crippen LogP contribution < -0.4 is 5.43 Å². The van der Waals surface area contributed by atoms with Crippen LogP contribution in [0.15, 0.2) is 47.6 Å². The molecule has 0 aromatic heterocycles. The zero-order valence-electron chi connectivity index (χ0n) is 12.4. The van der Waals surface area contributed by atoms with Gasteiger partial charge in [0.2, 0.25) is 0 Å². The third-order valence-electron chi connectivity index (χ3n) is 3.19. The van der Waals surface area contributed by atoms with Gasteiger partial charge in [0, 0.05) is 5.02 Å². The number of phenols is 1. The number of hydrogen-bond acceptors (Lipinski definition) is 3. The molecule has 0 aliphatic rings. The van der Waals surface area contributed by atoms with Crippen LogP contribution in [0.1, 0.15) is 41.3 Å². The summed E-state index contributed by atoms with van der Waals surface area (Å²) in [6.45, 7) is 4.25. The zero-order chi connectivity index (χ0) is 16.1. The Morgan fingerprint density at radius 1 is 1.23 bits per heavy atom. The number of rotatable bonds is 4. The van der Waals surface area contributed by atoms with Gasteiger partial charge in [-0.25, -0.2) is 5.43 Å². The third kappa shape index (κ3) is 4.09. The van der Waals surface area contributed by atoms with Crippen LogP contribution in [0.4, 0.5) is 0 Å². The molecule has 0 spiro atoms. The number of phenolic OH excluding ortho intramolecular Hbond substituents is 1. The van der Waals surface area contributed by atoms with E-state index in [-0.39, 0.29) is 11.3 Å². The summed E-state index contributed by atoms with van der Waals surface area (Å²) < 4.78 is 0. The predicted octanol–water partition coefficient (Wildman–Crippen LogP) is 3.93. The van der Waals surface area contributed by atoms with Crippen LogP contribution in [0.5, 0.6) is 5.75 Å². The molecule has 1 amide bonds. The van der Waals surface area contributed by atoms with Gasteiger partial charge in [-0.1, -0.05) is 49.7 Å². The number of carbonyl (C=O) groups is 1. The van der Waals surface area contributed by atoms with E-state index in [2.05, 4.69) is 24.4 Å². The van der Waals surface area contributed by atoms with Crippen LogP contribution in [0.3, 0.4) is 0 Å². The molecule has 2 aromatic carbocycles. The summed E-state index contributed by atoms with van der Waals surface area (Å²) >= 11 is 5.80. The summed E-state index contributed by atoms with van der Waals surface area (Å²) in [6, 6.07) is 12.2. The van der Waals surface area contributed by atoms with Gasteiger partial charge < -0.3 is 5.11 Å². The summed E-state index contributed by atoms with van der Waals surface area (Å²) in [7, 11) is 0. The Balaban J connectivity index is 2.02. The lowest BCUT2D eigenvalue weighted by atomic mass is 10.0. The molecule has 2 rings (SSSR count). The van der Waals surface area contributed by atoms with Crippen molar-refractivity contribution in [2.45, 2.75) is 19.8 Å². The maximum atomic E-state index is 11.9. The number of hydrogen-bond donors (Lipinski definition) is 2. The maximum absolute atomic E-state index is 11.9. The number of halogens is 1. The van der Waals surface area contributed by atoms with E-state index in [4.69, 9.17) is 11.6 Å². The Morgan fingerprint density at radius 2 is 1.91 bits per heavy atom. The lowest BCUT2D eigenvalue weighted by Crippen LogP contribution is -2.17. The van der Waals surface area contributed by atoms with Crippen molar-refractivity contribution in [3.8, 4) is 5.75 Å². The van der Waals surface area contributed by atoms with Crippen molar-refractivity contribution in [3.63, 3.8) is 0 Å². The van der Waals surface area contributed by atoms with E-state index in [0.717, 1.165) is 5.56 Å². The fourth-order valence-corrected chi connectivity index (χ4v) is 2.05. The number of nitrogens with one attached hydrogen (secondary N) is 1. The topological polar surface area (TPSA) is 61.7 Å². The first-order chi connectivity index (χ1) is 10.5. The minimum absolute atomic E-state index is 0.0832. The van der Waals surface area contributed by atoms with Crippen molar-refractivity contribution >= 4 is 23.7 Å². The number of carbonyl (C=O) groups excluding carboxylic acids is 1. The molecule has 0 heterocycles. The smallest absolute Gasteiger partial charge is 0.275 e. The van der Waals surface area contributed by atoms with Crippen LogP contribution in [-0.4, -0.2) is 17.2 Å². The first kappa shape index (κ1) is 16.0. The van der Waals surface area contributed by atoms with E-state index >= 15 is 0 Å². The molecule has 0 radical (unpaired) electrons. The van der Waals surface area contributed by atoms with Crippen LogP contribution in [-0.2, 0) is 0 Å². The first-order valence-electron chi connectivity index (χ1n) is 6.89. The molecular weight excluding hydrogens is 300 g/mol. The van der Waals surface area contributed by atoms with Crippen LogP contribution >= 0.6 is 11.6 Å². The van der Waals surface area contributed by atoms with Gasteiger partial charge in [0.25, 0.3) is 5.91 Å². The second-order valence-electron chi connectivity index (χ2n) is 5.18. The van der Waals surface area contributed by atoms with Gasteiger partial charge in [-0.05, 0) is 35.2 Å². The summed E-state index contributed by atoms with van der Waals surface area (Å²) in [5, 5.41) is 13.9. The summed E-state index contributed by atoms with van der Waals surface area (Å²) in [5.41, 5.74) is 4.56. The normalized spacial score (nSPS) is 11.1. The van der Waals surface area contributed by atoms with E-state index < -0.39 is 5.91 Å². The fourth-order valence-electron chi connectivity index (χ4n) is 1.88. The molecule has 5 heteroatoms. The molecule has 2 N–H and O–H groups in total. The predicted molar refractivity (Wildman–Crippen MR) is 88.7 cm³/mol. The highest BCUT2D eigenvalue weighted by Crippen LogP contribution is 2.21. The molecule has 22 heavy (non-hydrogen) atoms. The number of aromatic hydroxyl groups is 1. The minimum Gasteiger partial charge on any atom is -0.507 e. The Kier molecular flexibility index (Phi) is 5.17. The second-order valence-corrected chi connectivity index (χ2v) is 5.62. The molecule has 0 aliphatic heterocycles. The van der Waals surface area contributed by atoms with E-state index in [1.165, 1.54) is 23.8 Å². The molecule has 0 aliphatic carbocycles. The molecule has 0 fully saturated rings. The van der Waals surface area contributed by atoms with Gasteiger partial charge in [-0.3, -0.25) is 4.79 Å². The third-order valence-corrected chi connectivity index (χ3v) is 3.42. The van der Waals surface area contributed by atoms with E-state index in [1.807, 2.05) is 24.3 Å². The molecule has 0 saturated carbocycles. The van der Waals surface area contributed by atoms with Crippen molar-refractivity contribution in [2.75, 3.05) is 0 Å². The molecule has 0 saturated heterocycles. The molecule has 0 atom stereocenters. The van der Waals surface area contributed by atoms with E-state index in [9.17, 15) is 9.90 Å². The number of amides is 1. The van der Waals surface area contributed by atoms with Crippen LogP contribution in [0.25, 0.3) is 0 Å². The van der Waals surface area contributed by atoms with Gasteiger partial charge in [0.1, 0.15) is 5.75 Å². The van der Waals surface area contributed by atoms with E-state index in [1.54, 1.807) is 6.21 Å². The maximum Gasteiger partial charge on any atom is 0.275 e. The quantitative estimate of drug-likeness (QED) is 0.663. The van der Waals surface area contributed by atoms with Crippen molar-refractivity contribution in [1.29, 1.82) is 0 Å². The van der Waals surface area contributed by atoms with Gasteiger partial charge in [-0.15, -0.1) is 0 Å². The lowest BCUT2D eigenvalue weighted by Gasteiger charge is -2.05. The van der Waals surface area contributed by atoms with Crippen molar-refractivity contribution in [2.24, 2.45) is 5.10 Å². The summed E-state index contributed by atoms with van der Waals surface area (Å²) in [6.07, 6.45) is 1.55. The largest absolute Gasteiger partial charge is 0.507 e. The zero-order valence-corrected chi connectivity index (χ0v) is 13.1. The van der Waals surface area contributed by atoms with Crippen LogP contribution in [0, 0.1) is 0 Å². The molecule has 0 unspecified atom stereocenters. The Hall–Kier alpha value is -2.33. The molecule has 4 nitrogen and oxygen atoms in total. The molecule has 2 aromatic rings. The SMILES string of the molecule is CC(C)c1ccc(/C=N/NC(=O)c2cc(Cl)ccc2O)cc1. The average molecular weight is 317 g/mol. The lowest BCUT2D eigenvalue weighted by molar-refractivity contribution is 0.0952. The highest BCUT2D eigenvalue weighted by molar-refractivity contribution is 6.31. The van der Waals surface area contributed by atoms with Gasteiger partial charge >= 0.3 is 0 Å². The highest BCUT2D eigenvalue weighted by Gasteiger charge is 2.10. The fraction of sp³-hybridized carbons (Fsp3) is 0.176. The number of benzene rings is 2. The first-order valence-corrected chi connectivity index (χ1v) is 7.27.